The van der Waals surface area contributed by atoms with Gasteiger partial charge in [-0.15, -0.1) is 0 Å². The van der Waals surface area contributed by atoms with E-state index in [1.54, 1.807) is 40.8 Å². The Morgan fingerprint density at radius 1 is 1.05 bits per heavy atom. The van der Waals surface area contributed by atoms with Gasteiger partial charge in [-0.3, -0.25) is 4.79 Å². The highest BCUT2D eigenvalue weighted by Gasteiger charge is 2.50. The zero-order valence-electron chi connectivity index (χ0n) is 21.6. The van der Waals surface area contributed by atoms with Crippen LogP contribution in [0, 0.1) is 12.7 Å². The van der Waals surface area contributed by atoms with E-state index in [1.165, 1.54) is 12.1 Å². The van der Waals surface area contributed by atoms with E-state index in [0.29, 0.717) is 11.7 Å². The number of ketones is 1. The molecule has 0 amide bonds. The number of Topliss-reactive ketones (excluding diaryl/α,β-unsaturated/α-hetero) is 1. The monoisotopic (exact) mass is 557 g/mol. The number of methoxy groups -OCH3 is 1. The normalized spacial score (nSPS) is 15.5. The highest BCUT2D eigenvalue weighted by molar-refractivity contribution is 8.76. The van der Waals surface area contributed by atoms with E-state index in [-0.39, 0.29) is 24.0 Å². The Kier molecular flexibility index (Phi) is 7.40. The minimum atomic E-state index is -0.546. The molecule has 0 saturated heterocycles. The molecule has 2 aromatic heterocycles. The summed E-state index contributed by atoms with van der Waals surface area (Å²) in [6.45, 7) is 10.0. The molecule has 37 heavy (non-hydrogen) atoms. The van der Waals surface area contributed by atoms with Gasteiger partial charge in [-0.1, -0.05) is 26.6 Å². The molecule has 0 saturated carbocycles. The van der Waals surface area contributed by atoms with Crippen LogP contribution >= 0.6 is 21.6 Å². The van der Waals surface area contributed by atoms with Gasteiger partial charge < -0.3 is 17.1 Å². The first-order chi connectivity index (χ1) is 17.0. The third-order valence-corrected chi connectivity index (χ3v) is 9.43. The predicted molar refractivity (Wildman–Crippen MR) is 144 cm³/mol. The second-order valence-corrected chi connectivity index (χ2v) is 12.5. The maximum atomic E-state index is 13.3. The van der Waals surface area contributed by atoms with Gasteiger partial charge in [-0.2, -0.15) is 0 Å². The molecule has 0 bridgehead atoms. The molecular weight excluding hydrogens is 529 g/mol. The van der Waals surface area contributed by atoms with Crippen LogP contribution in [0.1, 0.15) is 50.1 Å². The second kappa shape index (κ2) is 9.97. The number of hydrogen-bond acceptors (Lipinski definition) is 5. The Morgan fingerprint density at radius 2 is 1.70 bits per heavy atom. The molecule has 0 aliphatic heterocycles. The summed E-state index contributed by atoms with van der Waals surface area (Å²) in [6, 6.07) is 12.6. The van der Waals surface area contributed by atoms with Crippen molar-refractivity contribution in [2.45, 2.75) is 56.1 Å². The zero-order valence-corrected chi connectivity index (χ0v) is 24.0. The highest BCUT2D eigenvalue weighted by atomic mass is 35.5. The van der Waals surface area contributed by atoms with Crippen LogP contribution in [0.3, 0.4) is 0 Å². The molecule has 1 aliphatic rings. The van der Waals surface area contributed by atoms with Gasteiger partial charge in [0.05, 0.1) is 19.1 Å². The minimum absolute atomic E-state index is 0. The van der Waals surface area contributed by atoms with Gasteiger partial charge in [-0.25, -0.2) is 13.9 Å². The van der Waals surface area contributed by atoms with Gasteiger partial charge in [0.15, 0.2) is 11.3 Å². The molecule has 4 aromatic rings. The van der Waals surface area contributed by atoms with Crippen LogP contribution in [-0.2, 0) is 21.4 Å². The molecule has 0 fully saturated rings. The molecule has 2 aromatic carbocycles. The number of benzene rings is 2. The van der Waals surface area contributed by atoms with Crippen LogP contribution in [-0.4, -0.2) is 22.9 Å². The fraction of sp³-hybridized carbons (Fsp3) is 0.321. The first kappa shape index (κ1) is 27.5. The van der Waals surface area contributed by atoms with E-state index in [4.69, 9.17) is 9.72 Å². The van der Waals surface area contributed by atoms with Gasteiger partial charge in [0, 0.05) is 27.4 Å². The number of halogens is 2. The molecule has 0 spiro atoms. The first-order valence-electron chi connectivity index (χ1n) is 11.8. The lowest BCUT2D eigenvalue weighted by atomic mass is 9.80. The number of carbonyl (C=O) groups excluding carboxylic acids is 1. The molecule has 5 nitrogen and oxygen atoms in total. The summed E-state index contributed by atoms with van der Waals surface area (Å²) in [5.74, 6) is 2.20. The number of fused-ring (bicyclic) bond motifs is 2. The summed E-state index contributed by atoms with van der Waals surface area (Å²) < 4.78 is 20.9. The maximum Gasteiger partial charge on any atom is 0.402 e. The molecule has 0 unspecified atom stereocenters. The van der Waals surface area contributed by atoms with Crippen molar-refractivity contribution in [3.8, 4) is 11.7 Å². The first-order valence-corrected chi connectivity index (χ1v) is 14.1. The highest BCUT2D eigenvalue weighted by Crippen LogP contribution is 2.47. The SMILES string of the molecule is COc1cc[n+](-c2nc3cc4c(cc3[nH]2)C(C)(C)C(=O)C4(C)C)c(CSSc2ccc(F)cc2)c1C.[Cl-]. The molecule has 0 radical (unpaired) electrons. The van der Waals surface area contributed by atoms with Gasteiger partial charge >= 0.3 is 5.95 Å². The molecule has 1 N–H and O–H groups in total. The Balaban J connectivity index is 0.00000320. The molecular formula is C28H29ClFN3O2S2. The number of hydrogen-bond donors (Lipinski definition) is 1. The summed E-state index contributed by atoms with van der Waals surface area (Å²) in [5, 5.41) is 0. The van der Waals surface area contributed by atoms with Crippen molar-refractivity contribution < 1.29 is 30.9 Å². The average Bonchev–Trinajstić information content (AvgIpc) is 3.32. The number of rotatable bonds is 6. The average molecular weight is 558 g/mol. The molecule has 0 atom stereocenters. The lowest BCUT2D eigenvalue weighted by Gasteiger charge is -2.21. The van der Waals surface area contributed by atoms with Crippen molar-refractivity contribution in [1.29, 1.82) is 0 Å². The van der Waals surface area contributed by atoms with Gasteiger partial charge in [0.2, 0.25) is 0 Å². The lowest BCUT2D eigenvalue weighted by Crippen LogP contribution is -3.00. The standard InChI is InChI=1S/C28H29FN3O2S2.ClH/c1-16-23(15-35-36-18-9-7-17(29)8-10-18)32(12-11-24(16)34-6)26-30-21-13-19-20(14-22(21)31-26)28(4,5)25(33)27(19,2)3;/h7-14H,15H2,1-6H3,(H,30,31);1H/q+1;/p-1. The minimum Gasteiger partial charge on any atom is -1.00 e. The number of aromatic amines is 1. The van der Waals surface area contributed by atoms with Crippen molar-refractivity contribution in [3.63, 3.8) is 0 Å². The lowest BCUT2D eigenvalue weighted by molar-refractivity contribution is -0.610. The Hall–Kier alpha value is -2.55. The van der Waals surface area contributed by atoms with Crippen molar-refractivity contribution in [2.75, 3.05) is 7.11 Å². The summed E-state index contributed by atoms with van der Waals surface area (Å²) in [4.78, 5) is 22.5. The van der Waals surface area contributed by atoms with Gasteiger partial charge in [0.25, 0.3) is 0 Å². The summed E-state index contributed by atoms with van der Waals surface area (Å²) >= 11 is 0. The summed E-state index contributed by atoms with van der Waals surface area (Å²) in [7, 11) is 4.94. The maximum absolute atomic E-state index is 13.3. The van der Waals surface area contributed by atoms with Crippen LogP contribution in [0.15, 0.2) is 53.6 Å². The number of nitrogens with zero attached hydrogens (tertiary/aromatic N) is 2. The largest absolute Gasteiger partial charge is 1.00 e. The Morgan fingerprint density at radius 3 is 2.35 bits per heavy atom. The fourth-order valence-electron chi connectivity index (χ4n) is 5.14. The van der Waals surface area contributed by atoms with Gasteiger partial charge in [0.1, 0.15) is 22.8 Å². The third kappa shape index (κ3) is 4.64. The summed E-state index contributed by atoms with van der Waals surface area (Å²) in [6.07, 6.45) is 1.97. The van der Waals surface area contributed by atoms with E-state index in [1.807, 2.05) is 46.9 Å². The number of carbonyl (C=O) groups is 1. The van der Waals surface area contributed by atoms with Gasteiger partial charge in [-0.05, 0) is 82.1 Å². The smallest absolute Gasteiger partial charge is 0.402 e. The van der Waals surface area contributed by atoms with E-state index >= 15 is 0 Å². The number of nitrogens with one attached hydrogen (secondary N) is 1. The second-order valence-electron chi connectivity index (χ2n) is 10.2. The van der Waals surface area contributed by atoms with Crippen molar-refractivity contribution >= 4 is 38.4 Å². The predicted octanol–water partition coefficient (Wildman–Crippen LogP) is 3.38. The van der Waals surface area contributed by atoms with Crippen molar-refractivity contribution in [2.24, 2.45) is 0 Å². The Labute approximate surface area is 230 Å². The van der Waals surface area contributed by atoms with E-state index in [2.05, 4.69) is 21.7 Å². The molecule has 1 aliphatic carbocycles. The number of imidazole rings is 1. The molecule has 2 heterocycles. The topological polar surface area (TPSA) is 58.9 Å². The Bertz CT molecular complexity index is 1440. The quantitative estimate of drug-likeness (QED) is 0.291. The number of ether oxygens (including phenoxy) is 1. The van der Waals surface area contributed by atoms with Crippen LogP contribution in [0.25, 0.3) is 17.0 Å². The van der Waals surface area contributed by atoms with Crippen molar-refractivity contribution in [3.05, 3.63) is 76.9 Å². The molecule has 9 heteroatoms. The van der Waals surface area contributed by atoms with E-state index < -0.39 is 10.8 Å². The third-order valence-electron chi connectivity index (χ3n) is 7.17. The fourth-order valence-corrected chi connectivity index (χ4v) is 7.30. The molecule has 194 valence electrons. The van der Waals surface area contributed by atoms with E-state index in [0.717, 1.165) is 44.1 Å². The summed E-state index contributed by atoms with van der Waals surface area (Å²) in [5.41, 5.74) is 4.84. The van der Waals surface area contributed by atoms with Crippen LogP contribution in [0.2, 0.25) is 0 Å². The number of aromatic nitrogens is 3. The zero-order chi connectivity index (χ0) is 25.8. The van der Waals surface area contributed by atoms with Crippen LogP contribution in [0.5, 0.6) is 5.75 Å². The number of pyridine rings is 1. The van der Waals surface area contributed by atoms with Crippen molar-refractivity contribution in [1.82, 2.24) is 9.97 Å². The van der Waals surface area contributed by atoms with Crippen LogP contribution < -0.4 is 21.7 Å². The van der Waals surface area contributed by atoms with E-state index in [9.17, 15) is 9.18 Å². The molecule has 5 rings (SSSR count). The number of H-pyrrole nitrogens is 1. The van der Waals surface area contributed by atoms with Crippen LogP contribution in [0.4, 0.5) is 4.39 Å².